The normalized spacial score (nSPS) is 13.0. The summed E-state index contributed by atoms with van der Waals surface area (Å²) in [5.74, 6) is 0.681. The maximum Gasteiger partial charge on any atom is 0.0639 e. The maximum absolute atomic E-state index is 9.81. The Morgan fingerprint density at radius 1 is 1.08 bits per heavy atom. The van der Waals surface area contributed by atoms with E-state index in [9.17, 15) is 5.11 Å². The summed E-state index contributed by atoms with van der Waals surface area (Å²) in [6.07, 6.45) is 3.02. The van der Waals surface area contributed by atoms with Crippen molar-refractivity contribution in [1.82, 2.24) is 9.47 Å². The summed E-state index contributed by atoms with van der Waals surface area (Å²) in [5.41, 5.74) is 4.00. The van der Waals surface area contributed by atoms with Crippen molar-refractivity contribution in [2.45, 2.75) is 53.3 Å². The van der Waals surface area contributed by atoms with Gasteiger partial charge in [0, 0.05) is 31.5 Å². The van der Waals surface area contributed by atoms with Crippen LogP contribution in [0.5, 0.6) is 0 Å². The number of aromatic nitrogens is 1. The standard InChI is InChI=1S/C21H32N2O/c1-17(2)11-13-22(14-19(4)24)16-21-10-7-12-23(21)15-20-9-6-5-8-18(20)3/h5-10,12,17,19,24H,11,13-16H2,1-4H3/t19-/m0/s1. The van der Waals surface area contributed by atoms with Gasteiger partial charge in [0.25, 0.3) is 0 Å². The van der Waals surface area contributed by atoms with Crippen LogP contribution in [0, 0.1) is 12.8 Å². The minimum absolute atomic E-state index is 0.294. The molecule has 0 aliphatic heterocycles. The van der Waals surface area contributed by atoms with Gasteiger partial charge in [-0.25, -0.2) is 0 Å². The first-order valence-electron chi connectivity index (χ1n) is 9.04. The molecule has 0 saturated carbocycles. The average Bonchev–Trinajstić information content (AvgIpc) is 2.93. The van der Waals surface area contributed by atoms with Gasteiger partial charge in [-0.3, -0.25) is 4.90 Å². The highest BCUT2D eigenvalue weighted by Crippen LogP contribution is 2.14. The molecule has 3 heteroatoms. The molecule has 0 unspecified atom stereocenters. The topological polar surface area (TPSA) is 28.4 Å². The highest BCUT2D eigenvalue weighted by atomic mass is 16.3. The minimum Gasteiger partial charge on any atom is -0.392 e. The Kier molecular flexibility index (Phi) is 7.07. The van der Waals surface area contributed by atoms with Crippen LogP contribution in [0.15, 0.2) is 42.6 Å². The summed E-state index contributed by atoms with van der Waals surface area (Å²) in [7, 11) is 0. The van der Waals surface area contributed by atoms with Crippen molar-refractivity contribution in [3.8, 4) is 0 Å². The molecule has 0 saturated heterocycles. The number of aliphatic hydroxyl groups is 1. The van der Waals surface area contributed by atoms with Gasteiger partial charge in [0.2, 0.25) is 0 Å². The molecule has 1 heterocycles. The van der Waals surface area contributed by atoms with E-state index in [1.54, 1.807) is 0 Å². The molecule has 0 radical (unpaired) electrons. The Bertz CT molecular complexity index is 616. The van der Waals surface area contributed by atoms with Crippen LogP contribution >= 0.6 is 0 Å². The van der Waals surface area contributed by atoms with Gasteiger partial charge < -0.3 is 9.67 Å². The van der Waals surface area contributed by atoms with Gasteiger partial charge in [-0.1, -0.05) is 38.1 Å². The average molecular weight is 329 g/mol. The van der Waals surface area contributed by atoms with Crippen LogP contribution in [0.1, 0.15) is 44.0 Å². The smallest absolute Gasteiger partial charge is 0.0639 e. The first-order chi connectivity index (χ1) is 11.5. The molecule has 24 heavy (non-hydrogen) atoms. The van der Waals surface area contributed by atoms with Crippen molar-refractivity contribution >= 4 is 0 Å². The van der Waals surface area contributed by atoms with E-state index in [0.29, 0.717) is 5.92 Å². The lowest BCUT2D eigenvalue weighted by atomic mass is 10.1. The van der Waals surface area contributed by atoms with Crippen molar-refractivity contribution in [2.75, 3.05) is 13.1 Å². The Morgan fingerprint density at radius 3 is 2.50 bits per heavy atom. The van der Waals surface area contributed by atoms with Gasteiger partial charge in [-0.2, -0.15) is 0 Å². The van der Waals surface area contributed by atoms with Crippen LogP contribution in [-0.4, -0.2) is 33.8 Å². The van der Waals surface area contributed by atoms with Gasteiger partial charge in [0.15, 0.2) is 0 Å². The van der Waals surface area contributed by atoms with Crippen LogP contribution in [0.3, 0.4) is 0 Å². The fourth-order valence-electron chi connectivity index (χ4n) is 3.00. The van der Waals surface area contributed by atoms with Crippen molar-refractivity contribution in [3.63, 3.8) is 0 Å². The van der Waals surface area contributed by atoms with Crippen LogP contribution in [-0.2, 0) is 13.1 Å². The third-order valence-corrected chi connectivity index (χ3v) is 4.46. The molecule has 2 aromatic rings. The highest BCUT2D eigenvalue weighted by molar-refractivity contribution is 5.26. The largest absolute Gasteiger partial charge is 0.392 e. The van der Waals surface area contributed by atoms with Crippen molar-refractivity contribution < 1.29 is 5.11 Å². The molecule has 2 rings (SSSR count). The lowest BCUT2D eigenvalue weighted by Crippen LogP contribution is -2.32. The van der Waals surface area contributed by atoms with E-state index in [1.165, 1.54) is 16.8 Å². The molecule has 132 valence electrons. The Labute approximate surface area is 146 Å². The van der Waals surface area contributed by atoms with E-state index >= 15 is 0 Å². The number of nitrogens with zero attached hydrogens (tertiary/aromatic N) is 2. The summed E-state index contributed by atoms with van der Waals surface area (Å²) in [6, 6.07) is 12.9. The predicted molar refractivity (Wildman–Crippen MR) is 101 cm³/mol. The molecule has 1 N–H and O–H groups in total. The maximum atomic E-state index is 9.81. The third kappa shape index (κ3) is 5.81. The van der Waals surface area contributed by atoms with E-state index in [-0.39, 0.29) is 6.10 Å². The van der Waals surface area contributed by atoms with Crippen LogP contribution < -0.4 is 0 Å². The SMILES string of the molecule is Cc1ccccc1Cn1cccc1CN(CCC(C)C)C[C@H](C)O. The summed E-state index contributed by atoms with van der Waals surface area (Å²) in [6.45, 7) is 12.1. The molecule has 3 nitrogen and oxygen atoms in total. The third-order valence-electron chi connectivity index (χ3n) is 4.46. The second-order valence-corrected chi connectivity index (χ2v) is 7.32. The molecule has 1 aromatic carbocycles. The molecule has 0 fully saturated rings. The van der Waals surface area contributed by atoms with Crippen LogP contribution in [0.2, 0.25) is 0 Å². The molecule has 0 amide bonds. The van der Waals surface area contributed by atoms with Gasteiger partial charge >= 0.3 is 0 Å². The molecule has 0 aliphatic rings. The summed E-state index contributed by atoms with van der Waals surface area (Å²) >= 11 is 0. The van der Waals surface area contributed by atoms with Gasteiger partial charge in [-0.05, 0) is 56.0 Å². The van der Waals surface area contributed by atoms with Crippen molar-refractivity contribution in [3.05, 3.63) is 59.4 Å². The lowest BCUT2D eigenvalue weighted by Gasteiger charge is -2.25. The number of rotatable bonds is 9. The fourth-order valence-corrected chi connectivity index (χ4v) is 3.00. The quantitative estimate of drug-likeness (QED) is 0.751. The molecular formula is C21H32N2O. The van der Waals surface area contributed by atoms with Crippen LogP contribution in [0.25, 0.3) is 0 Å². The molecule has 0 aliphatic carbocycles. The molecule has 1 atom stereocenters. The molecule has 1 aromatic heterocycles. The molecule has 0 spiro atoms. The van der Waals surface area contributed by atoms with E-state index < -0.39 is 0 Å². The Morgan fingerprint density at radius 2 is 1.83 bits per heavy atom. The zero-order valence-electron chi connectivity index (χ0n) is 15.6. The Balaban J connectivity index is 2.08. The monoisotopic (exact) mass is 328 g/mol. The van der Waals surface area contributed by atoms with E-state index in [4.69, 9.17) is 0 Å². The minimum atomic E-state index is -0.294. The summed E-state index contributed by atoms with van der Waals surface area (Å²) in [4.78, 5) is 2.37. The Hall–Kier alpha value is -1.58. The molecular weight excluding hydrogens is 296 g/mol. The fraction of sp³-hybridized carbons (Fsp3) is 0.524. The first-order valence-corrected chi connectivity index (χ1v) is 9.04. The number of benzene rings is 1. The number of aryl methyl sites for hydroxylation is 1. The van der Waals surface area contributed by atoms with Gasteiger partial charge in [0.1, 0.15) is 0 Å². The zero-order valence-corrected chi connectivity index (χ0v) is 15.6. The van der Waals surface area contributed by atoms with E-state index in [1.807, 2.05) is 6.92 Å². The van der Waals surface area contributed by atoms with E-state index in [0.717, 1.165) is 32.6 Å². The zero-order chi connectivity index (χ0) is 17.5. The lowest BCUT2D eigenvalue weighted by molar-refractivity contribution is 0.117. The number of aliphatic hydroxyl groups excluding tert-OH is 1. The second-order valence-electron chi connectivity index (χ2n) is 7.32. The highest BCUT2D eigenvalue weighted by Gasteiger charge is 2.12. The van der Waals surface area contributed by atoms with Gasteiger partial charge in [0.05, 0.1) is 6.10 Å². The summed E-state index contributed by atoms with van der Waals surface area (Å²) in [5, 5.41) is 9.81. The van der Waals surface area contributed by atoms with Crippen molar-refractivity contribution in [1.29, 1.82) is 0 Å². The van der Waals surface area contributed by atoms with E-state index in [2.05, 4.69) is 72.8 Å². The first kappa shape index (κ1) is 18.8. The van der Waals surface area contributed by atoms with Crippen LogP contribution in [0.4, 0.5) is 0 Å². The van der Waals surface area contributed by atoms with Gasteiger partial charge in [-0.15, -0.1) is 0 Å². The number of hydrogen-bond donors (Lipinski definition) is 1. The molecule has 0 bridgehead atoms. The predicted octanol–water partition coefficient (Wildman–Crippen LogP) is 4.07. The number of hydrogen-bond acceptors (Lipinski definition) is 2. The second kappa shape index (κ2) is 9.05. The van der Waals surface area contributed by atoms with Crippen molar-refractivity contribution in [2.24, 2.45) is 5.92 Å². The summed E-state index contributed by atoms with van der Waals surface area (Å²) < 4.78 is 2.33.